The average Bonchev–Trinajstić information content (AvgIpc) is 3.13. The zero-order valence-corrected chi connectivity index (χ0v) is 14.3. The van der Waals surface area contributed by atoms with Crippen molar-refractivity contribution in [3.63, 3.8) is 0 Å². The van der Waals surface area contributed by atoms with Crippen LogP contribution in [0.2, 0.25) is 0 Å². The average molecular weight is 313 g/mol. The van der Waals surface area contributed by atoms with E-state index in [-0.39, 0.29) is 0 Å². The molecule has 2 aromatic rings. The highest BCUT2D eigenvalue weighted by Crippen LogP contribution is 2.32. The van der Waals surface area contributed by atoms with Crippen LogP contribution in [-0.4, -0.2) is 58.1 Å². The summed E-state index contributed by atoms with van der Waals surface area (Å²) in [6.07, 6.45) is 6.95. The van der Waals surface area contributed by atoms with Crippen LogP contribution in [0.1, 0.15) is 37.5 Å². The highest BCUT2D eigenvalue weighted by atomic mass is 15.2. The first-order valence-corrected chi connectivity index (χ1v) is 8.92. The normalized spacial score (nSPS) is 24.7. The Labute approximate surface area is 138 Å². The molecule has 1 atom stereocenters. The van der Waals surface area contributed by atoms with E-state index in [9.17, 15) is 0 Å². The molecular weight excluding hydrogens is 286 g/mol. The molecule has 4 heterocycles. The van der Waals surface area contributed by atoms with Gasteiger partial charge in [0.2, 0.25) is 0 Å². The first-order valence-electron chi connectivity index (χ1n) is 8.92. The molecule has 2 aliphatic heterocycles. The fourth-order valence-electron chi connectivity index (χ4n) is 4.15. The van der Waals surface area contributed by atoms with Gasteiger partial charge in [-0.25, -0.2) is 9.97 Å². The van der Waals surface area contributed by atoms with Gasteiger partial charge in [-0.2, -0.15) is 0 Å². The molecule has 0 spiro atoms. The molecule has 2 fully saturated rings. The largest absolute Gasteiger partial charge is 0.311 e. The molecule has 0 bridgehead atoms. The molecule has 0 N–H and O–H groups in total. The van der Waals surface area contributed by atoms with E-state index in [4.69, 9.17) is 4.98 Å². The molecule has 0 amide bonds. The third-order valence-corrected chi connectivity index (χ3v) is 5.63. The predicted octanol–water partition coefficient (Wildman–Crippen LogP) is 2.54. The Balaban J connectivity index is 1.68. The molecule has 2 aromatic heterocycles. The van der Waals surface area contributed by atoms with E-state index in [1.807, 2.05) is 12.3 Å². The second kappa shape index (κ2) is 6.21. The summed E-state index contributed by atoms with van der Waals surface area (Å²) >= 11 is 0. The molecule has 1 unspecified atom stereocenters. The Morgan fingerprint density at radius 3 is 2.70 bits per heavy atom. The van der Waals surface area contributed by atoms with Gasteiger partial charge in [0.05, 0.1) is 6.04 Å². The van der Waals surface area contributed by atoms with Gasteiger partial charge in [0, 0.05) is 12.7 Å². The first-order chi connectivity index (χ1) is 11.2. The Morgan fingerprint density at radius 1 is 1.13 bits per heavy atom. The van der Waals surface area contributed by atoms with Crippen molar-refractivity contribution in [3.8, 4) is 0 Å². The number of piperidine rings is 1. The Hall–Kier alpha value is -1.46. The number of nitrogens with zero attached hydrogens (tertiary/aromatic N) is 5. The molecule has 0 radical (unpaired) electrons. The van der Waals surface area contributed by atoms with E-state index < -0.39 is 0 Å². The van der Waals surface area contributed by atoms with Gasteiger partial charge in [0.25, 0.3) is 0 Å². The molecular formula is C18H27N5. The standard InChI is InChI=1S/C18H27N5/c1-21-11-7-14(8-12-21)13-23-17-15(5-3-9-19-17)20-18(23)16-6-4-10-22(16)2/h3,5,9,14,16H,4,6-8,10-13H2,1-2H3. The molecule has 124 valence electrons. The van der Waals surface area contributed by atoms with Crippen molar-refractivity contribution in [2.24, 2.45) is 5.92 Å². The van der Waals surface area contributed by atoms with E-state index in [0.717, 1.165) is 23.6 Å². The van der Waals surface area contributed by atoms with Gasteiger partial charge in [-0.15, -0.1) is 0 Å². The maximum Gasteiger partial charge on any atom is 0.160 e. The molecule has 5 nitrogen and oxygen atoms in total. The Morgan fingerprint density at radius 2 is 1.96 bits per heavy atom. The van der Waals surface area contributed by atoms with Crippen molar-refractivity contribution >= 4 is 11.2 Å². The van der Waals surface area contributed by atoms with Crippen LogP contribution in [-0.2, 0) is 6.54 Å². The topological polar surface area (TPSA) is 37.2 Å². The van der Waals surface area contributed by atoms with Gasteiger partial charge in [0.15, 0.2) is 5.65 Å². The van der Waals surface area contributed by atoms with Crippen molar-refractivity contribution in [2.75, 3.05) is 33.7 Å². The minimum atomic E-state index is 0.454. The molecule has 0 saturated carbocycles. The molecule has 2 aliphatic rings. The number of rotatable bonds is 3. The third kappa shape index (κ3) is 2.88. The fourth-order valence-corrected chi connectivity index (χ4v) is 4.15. The molecule has 5 heteroatoms. The van der Waals surface area contributed by atoms with Crippen LogP contribution in [0.4, 0.5) is 0 Å². The van der Waals surface area contributed by atoms with Crippen LogP contribution in [0.3, 0.4) is 0 Å². The number of hydrogen-bond donors (Lipinski definition) is 0. The lowest BCUT2D eigenvalue weighted by atomic mass is 9.97. The van der Waals surface area contributed by atoms with Gasteiger partial charge < -0.3 is 9.47 Å². The van der Waals surface area contributed by atoms with Crippen molar-refractivity contribution in [2.45, 2.75) is 38.3 Å². The highest BCUT2D eigenvalue weighted by Gasteiger charge is 2.29. The molecule has 0 aromatic carbocycles. The van der Waals surface area contributed by atoms with Crippen molar-refractivity contribution in [3.05, 3.63) is 24.2 Å². The summed E-state index contributed by atoms with van der Waals surface area (Å²) in [6, 6.07) is 4.55. The number of aromatic nitrogens is 3. The molecule has 0 aliphatic carbocycles. The van der Waals surface area contributed by atoms with E-state index in [0.29, 0.717) is 6.04 Å². The van der Waals surface area contributed by atoms with Crippen LogP contribution in [0, 0.1) is 5.92 Å². The summed E-state index contributed by atoms with van der Waals surface area (Å²) in [4.78, 5) is 14.5. The summed E-state index contributed by atoms with van der Waals surface area (Å²) in [5.74, 6) is 1.98. The van der Waals surface area contributed by atoms with Crippen LogP contribution >= 0.6 is 0 Å². The van der Waals surface area contributed by atoms with Crippen molar-refractivity contribution < 1.29 is 0 Å². The first kappa shape index (κ1) is 15.1. The van der Waals surface area contributed by atoms with E-state index in [1.165, 1.54) is 51.1 Å². The Bertz CT molecular complexity index is 671. The SMILES string of the molecule is CN1CCC(Cn2c(C3CCCN3C)nc3cccnc32)CC1. The minimum absolute atomic E-state index is 0.454. The maximum atomic E-state index is 4.97. The summed E-state index contributed by atoms with van der Waals surface area (Å²) in [7, 11) is 4.45. The van der Waals surface area contributed by atoms with Crippen molar-refractivity contribution in [1.29, 1.82) is 0 Å². The van der Waals surface area contributed by atoms with Gasteiger partial charge >= 0.3 is 0 Å². The lowest BCUT2D eigenvalue weighted by molar-refractivity contribution is 0.202. The summed E-state index contributed by atoms with van der Waals surface area (Å²) < 4.78 is 2.43. The zero-order chi connectivity index (χ0) is 15.8. The number of likely N-dealkylation sites (tertiary alicyclic amines) is 2. The van der Waals surface area contributed by atoms with Crippen LogP contribution in [0.15, 0.2) is 18.3 Å². The van der Waals surface area contributed by atoms with Gasteiger partial charge in [-0.1, -0.05) is 0 Å². The smallest absolute Gasteiger partial charge is 0.160 e. The lowest BCUT2D eigenvalue weighted by Gasteiger charge is -2.30. The number of imidazole rings is 1. The summed E-state index contributed by atoms with van der Waals surface area (Å²) in [5, 5.41) is 0. The third-order valence-electron chi connectivity index (χ3n) is 5.63. The van der Waals surface area contributed by atoms with E-state index >= 15 is 0 Å². The van der Waals surface area contributed by atoms with Crippen molar-refractivity contribution in [1.82, 2.24) is 24.3 Å². The Kier molecular flexibility index (Phi) is 4.07. The summed E-state index contributed by atoms with van der Waals surface area (Å²) in [5.41, 5.74) is 2.12. The molecule has 4 rings (SSSR count). The quantitative estimate of drug-likeness (QED) is 0.873. The van der Waals surface area contributed by atoms with Crippen LogP contribution in [0.5, 0.6) is 0 Å². The monoisotopic (exact) mass is 313 g/mol. The predicted molar refractivity (Wildman–Crippen MR) is 92.4 cm³/mol. The van der Waals surface area contributed by atoms with Gasteiger partial charge in [-0.05, 0) is 77.5 Å². The van der Waals surface area contributed by atoms with Gasteiger partial charge in [-0.3, -0.25) is 4.90 Å². The van der Waals surface area contributed by atoms with E-state index in [2.05, 4.69) is 39.5 Å². The zero-order valence-electron chi connectivity index (χ0n) is 14.3. The fraction of sp³-hybridized carbons (Fsp3) is 0.667. The maximum absolute atomic E-state index is 4.97. The second-order valence-electron chi connectivity index (χ2n) is 7.31. The van der Waals surface area contributed by atoms with E-state index in [1.54, 1.807) is 0 Å². The highest BCUT2D eigenvalue weighted by molar-refractivity contribution is 5.71. The number of pyridine rings is 1. The van der Waals surface area contributed by atoms with Gasteiger partial charge in [0.1, 0.15) is 11.3 Å². The second-order valence-corrected chi connectivity index (χ2v) is 7.31. The number of hydrogen-bond acceptors (Lipinski definition) is 4. The summed E-state index contributed by atoms with van der Waals surface area (Å²) in [6.45, 7) is 4.67. The van der Waals surface area contributed by atoms with Crippen LogP contribution < -0.4 is 0 Å². The number of fused-ring (bicyclic) bond motifs is 1. The molecule has 2 saturated heterocycles. The minimum Gasteiger partial charge on any atom is -0.311 e. The lowest BCUT2D eigenvalue weighted by Crippen LogP contribution is -2.32. The molecule has 23 heavy (non-hydrogen) atoms. The van der Waals surface area contributed by atoms with Crippen LogP contribution in [0.25, 0.3) is 11.2 Å².